The first-order valence-corrected chi connectivity index (χ1v) is 9.93. The van der Waals surface area contributed by atoms with Crippen LogP contribution in [0, 0.1) is 11.6 Å². The van der Waals surface area contributed by atoms with E-state index in [-0.39, 0.29) is 22.5 Å². The standard InChI is InChI=1S/C26H16F2N2O2/c27-21-19-20(26(32)18-14-8-7-13-17(18)25(19)31)22(28)24(30-16-11-5-2-6-12-16)23(21)29-15-9-3-1-4-10-15/h1-14,29-30H. The average molecular weight is 426 g/mol. The van der Waals surface area contributed by atoms with Gasteiger partial charge in [0.1, 0.15) is 11.4 Å². The molecule has 0 aliphatic heterocycles. The van der Waals surface area contributed by atoms with Crippen molar-refractivity contribution in [3.8, 4) is 0 Å². The number of fused-ring (bicyclic) bond motifs is 2. The summed E-state index contributed by atoms with van der Waals surface area (Å²) in [6.07, 6.45) is 0. The van der Waals surface area contributed by atoms with Gasteiger partial charge in [-0.2, -0.15) is 0 Å². The Hall–Kier alpha value is -4.32. The molecule has 156 valence electrons. The molecule has 0 saturated heterocycles. The Morgan fingerprint density at radius 3 is 1.22 bits per heavy atom. The van der Waals surface area contributed by atoms with E-state index < -0.39 is 34.3 Å². The number of halogens is 2. The lowest BCUT2D eigenvalue weighted by atomic mass is 9.82. The van der Waals surface area contributed by atoms with E-state index in [9.17, 15) is 9.59 Å². The highest BCUT2D eigenvalue weighted by Gasteiger charge is 2.38. The zero-order valence-corrected chi connectivity index (χ0v) is 16.7. The molecule has 0 unspecified atom stereocenters. The van der Waals surface area contributed by atoms with Crippen molar-refractivity contribution < 1.29 is 18.4 Å². The highest BCUT2D eigenvalue weighted by molar-refractivity contribution is 6.29. The number of carbonyl (C=O) groups is 2. The fourth-order valence-electron chi connectivity index (χ4n) is 3.83. The summed E-state index contributed by atoms with van der Waals surface area (Å²) in [5.41, 5.74) is -0.538. The fourth-order valence-corrected chi connectivity index (χ4v) is 3.83. The van der Waals surface area contributed by atoms with Crippen LogP contribution in [0.15, 0.2) is 84.9 Å². The monoisotopic (exact) mass is 426 g/mol. The van der Waals surface area contributed by atoms with Crippen molar-refractivity contribution in [3.05, 3.63) is 119 Å². The topological polar surface area (TPSA) is 58.2 Å². The smallest absolute Gasteiger partial charge is 0.197 e. The van der Waals surface area contributed by atoms with Gasteiger partial charge in [-0.05, 0) is 24.3 Å². The molecule has 0 amide bonds. The predicted molar refractivity (Wildman–Crippen MR) is 119 cm³/mol. The molecular weight excluding hydrogens is 410 g/mol. The van der Waals surface area contributed by atoms with E-state index in [2.05, 4.69) is 10.6 Å². The lowest BCUT2D eigenvalue weighted by Crippen LogP contribution is -2.25. The first-order valence-electron chi connectivity index (χ1n) is 9.93. The number of para-hydroxylation sites is 2. The molecule has 1 aliphatic rings. The molecule has 0 fully saturated rings. The number of benzene rings is 4. The predicted octanol–water partition coefficient (Wildman–Crippen LogP) is 6.23. The van der Waals surface area contributed by atoms with Crippen molar-refractivity contribution in [3.63, 3.8) is 0 Å². The Bertz CT molecular complexity index is 1260. The molecule has 4 aromatic carbocycles. The van der Waals surface area contributed by atoms with Gasteiger partial charge in [-0.1, -0.05) is 60.7 Å². The summed E-state index contributed by atoms with van der Waals surface area (Å²) in [7, 11) is 0. The van der Waals surface area contributed by atoms with Crippen LogP contribution in [-0.2, 0) is 0 Å². The average Bonchev–Trinajstić information content (AvgIpc) is 2.83. The maximum Gasteiger partial charge on any atom is 0.197 e. The molecule has 0 heterocycles. The minimum absolute atomic E-state index is 0.0535. The minimum atomic E-state index is -0.989. The minimum Gasteiger partial charge on any atom is -0.351 e. The van der Waals surface area contributed by atoms with Crippen LogP contribution in [0.4, 0.5) is 31.5 Å². The summed E-state index contributed by atoms with van der Waals surface area (Å²) >= 11 is 0. The van der Waals surface area contributed by atoms with Crippen LogP contribution in [0.25, 0.3) is 0 Å². The lowest BCUT2D eigenvalue weighted by molar-refractivity contribution is 0.0972. The lowest BCUT2D eigenvalue weighted by Gasteiger charge is -2.24. The largest absolute Gasteiger partial charge is 0.351 e. The third-order valence-corrected chi connectivity index (χ3v) is 5.33. The van der Waals surface area contributed by atoms with E-state index in [0.29, 0.717) is 11.4 Å². The molecule has 5 rings (SSSR count). The summed E-state index contributed by atoms with van der Waals surface area (Å²) in [4.78, 5) is 26.2. The maximum atomic E-state index is 15.9. The molecule has 0 aromatic heterocycles. The van der Waals surface area contributed by atoms with Gasteiger partial charge >= 0.3 is 0 Å². The number of carbonyl (C=O) groups excluding carboxylic acids is 2. The Morgan fingerprint density at radius 1 is 0.500 bits per heavy atom. The van der Waals surface area contributed by atoms with E-state index in [4.69, 9.17) is 0 Å². The zero-order chi connectivity index (χ0) is 22.2. The fraction of sp³-hybridized carbons (Fsp3) is 0. The second-order valence-corrected chi connectivity index (χ2v) is 7.31. The molecule has 4 nitrogen and oxygen atoms in total. The first kappa shape index (κ1) is 19.6. The third-order valence-electron chi connectivity index (χ3n) is 5.33. The van der Waals surface area contributed by atoms with Crippen LogP contribution in [0.3, 0.4) is 0 Å². The summed E-state index contributed by atoms with van der Waals surface area (Å²) < 4.78 is 31.7. The van der Waals surface area contributed by atoms with Crippen molar-refractivity contribution in [1.29, 1.82) is 0 Å². The molecule has 6 heteroatoms. The SMILES string of the molecule is O=C1c2ccccc2C(=O)c2c(F)c(Nc3ccccc3)c(Nc3ccccc3)c(F)c21. The normalized spacial score (nSPS) is 12.2. The number of hydrogen-bond donors (Lipinski definition) is 2. The molecule has 4 aromatic rings. The maximum absolute atomic E-state index is 15.9. The van der Waals surface area contributed by atoms with Gasteiger partial charge in [0, 0.05) is 22.5 Å². The zero-order valence-electron chi connectivity index (χ0n) is 16.7. The molecule has 32 heavy (non-hydrogen) atoms. The number of nitrogens with one attached hydrogen (secondary N) is 2. The van der Waals surface area contributed by atoms with E-state index in [1.807, 2.05) is 0 Å². The molecule has 0 atom stereocenters. The van der Waals surface area contributed by atoms with Crippen LogP contribution in [0.2, 0.25) is 0 Å². The van der Waals surface area contributed by atoms with Gasteiger partial charge in [-0.3, -0.25) is 9.59 Å². The Balaban J connectivity index is 1.76. The van der Waals surface area contributed by atoms with Crippen molar-refractivity contribution >= 4 is 34.3 Å². The van der Waals surface area contributed by atoms with Crippen molar-refractivity contribution in [2.45, 2.75) is 0 Å². The van der Waals surface area contributed by atoms with Gasteiger partial charge in [0.15, 0.2) is 23.2 Å². The third kappa shape index (κ3) is 3.13. The highest BCUT2D eigenvalue weighted by Crippen LogP contribution is 2.41. The van der Waals surface area contributed by atoms with Crippen molar-refractivity contribution in [2.24, 2.45) is 0 Å². The summed E-state index contributed by atoms with van der Waals surface area (Å²) in [5, 5.41) is 5.74. The van der Waals surface area contributed by atoms with Crippen LogP contribution in [-0.4, -0.2) is 11.6 Å². The van der Waals surface area contributed by atoms with Crippen LogP contribution < -0.4 is 10.6 Å². The summed E-state index contributed by atoms with van der Waals surface area (Å²) in [6.45, 7) is 0. The number of hydrogen-bond acceptors (Lipinski definition) is 4. The van der Waals surface area contributed by atoms with Crippen molar-refractivity contribution in [1.82, 2.24) is 0 Å². The highest BCUT2D eigenvalue weighted by atomic mass is 19.1. The second kappa shape index (κ2) is 7.74. The van der Waals surface area contributed by atoms with Gasteiger partial charge in [0.2, 0.25) is 0 Å². The van der Waals surface area contributed by atoms with Crippen molar-refractivity contribution in [2.75, 3.05) is 10.6 Å². The van der Waals surface area contributed by atoms with Gasteiger partial charge in [-0.25, -0.2) is 8.78 Å². The number of rotatable bonds is 4. The van der Waals surface area contributed by atoms with Gasteiger partial charge in [-0.15, -0.1) is 0 Å². The number of ketones is 2. The summed E-state index contributed by atoms with van der Waals surface area (Å²) in [5.74, 6) is -3.43. The molecule has 2 N–H and O–H groups in total. The molecule has 0 radical (unpaired) electrons. The van der Waals surface area contributed by atoms with Crippen LogP contribution in [0.5, 0.6) is 0 Å². The molecule has 0 bridgehead atoms. The molecule has 1 aliphatic carbocycles. The van der Waals surface area contributed by atoms with E-state index in [1.165, 1.54) is 12.1 Å². The molecule has 0 saturated carbocycles. The Labute approximate surface area is 182 Å². The van der Waals surface area contributed by atoms with Gasteiger partial charge in [0.25, 0.3) is 0 Å². The number of anilines is 4. The van der Waals surface area contributed by atoms with Gasteiger partial charge in [0.05, 0.1) is 11.1 Å². The Kier molecular flexibility index (Phi) is 4.75. The van der Waals surface area contributed by atoms with E-state index in [1.54, 1.807) is 72.8 Å². The van der Waals surface area contributed by atoms with Crippen LogP contribution in [0.1, 0.15) is 31.8 Å². The molecular formula is C26H16F2N2O2. The molecule has 0 spiro atoms. The first-order chi connectivity index (χ1) is 15.6. The summed E-state index contributed by atoms with van der Waals surface area (Å²) in [6, 6.07) is 23.3. The van der Waals surface area contributed by atoms with E-state index in [0.717, 1.165) is 0 Å². The van der Waals surface area contributed by atoms with Crippen LogP contribution >= 0.6 is 0 Å². The quantitative estimate of drug-likeness (QED) is 0.358. The van der Waals surface area contributed by atoms with E-state index >= 15 is 8.78 Å². The second-order valence-electron chi connectivity index (χ2n) is 7.31. The van der Waals surface area contributed by atoms with Gasteiger partial charge < -0.3 is 10.6 Å². The Morgan fingerprint density at radius 2 is 0.844 bits per heavy atom.